The molecule has 0 aliphatic heterocycles. The minimum atomic E-state index is -4.61. The Hall–Kier alpha value is -1.85. The summed E-state index contributed by atoms with van der Waals surface area (Å²) in [4.78, 5) is 11.3. The third kappa shape index (κ3) is 3.30. The first-order valence-corrected chi connectivity index (χ1v) is 4.62. The number of carbonyl (C=O) groups excluding carboxylic acids is 1. The number of halogens is 4. The van der Waals surface area contributed by atoms with E-state index in [9.17, 15) is 22.4 Å². The number of alkyl halides is 3. The molecule has 1 aromatic carbocycles. The molecule has 1 aromatic rings. The fourth-order valence-corrected chi connectivity index (χ4v) is 1.14. The highest BCUT2D eigenvalue weighted by Crippen LogP contribution is 2.30. The van der Waals surface area contributed by atoms with Gasteiger partial charge in [0, 0.05) is 6.54 Å². The molecule has 2 nitrogen and oxygen atoms in total. The lowest BCUT2D eigenvalue weighted by molar-refractivity contribution is -0.137. The van der Waals surface area contributed by atoms with E-state index in [1.165, 1.54) is 6.08 Å². The average Bonchev–Trinajstić information content (AvgIpc) is 2.24. The van der Waals surface area contributed by atoms with Gasteiger partial charge in [-0.05, 0) is 18.2 Å². The Balaban J connectivity index is 3.06. The highest BCUT2D eigenvalue weighted by Gasteiger charge is 2.31. The van der Waals surface area contributed by atoms with Crippen molar-refractivity contribution in [2.45, 2.75) is 6.18 Å². The molecule has 0 bridgehead atoms. The summed E-state index contributed by atoms with van der Waals surface area (Å²) in [7, 11) is 0. The van der Waals surface area contributed by atoms with E-state index < -0.39 is 29.0 Å². The SMILES string of the molecule is C=CCNC(=O)c1cc(C(F)(F)F)ccc1F. The van der Waals surface area contributed by atoms with Gasteiger partial charge in [-0.1, -0.05) is 6.08 Å². The lowest BCUT2D eigenvalue weighted by atomic mass is 10.1. The molecule has 0 heterocycles. The molecule has 1 N–H and O–H groups in total. The minimum absolute atomic E-state index is 0.0501. The van der Waals surface area contributed by atoms with Crippen LogP contribution in [0.1, 0.15) is 15.9 Å². The van der Waals surface area contributed by atoms with Crippen molar-refractivity contribution in [3.8, 4) is 0 Å². The van der Waals surface area contributed by atoms with Crippen LogP contribution in [-0.4, -0.2) is 12.5 Å². The molecule has 0 atom stereocenters. The van der Waals surface area contributed by atoms with E-state index in [4.69, 9.17) is 0 Å². The number of rotatable bonds is 3. The van der Waals surface area contributed by atoms with E-state index in [1.54, 1.807) is 0 Å². The monoisotopic (exact) mass is 247 g/mol. The maximum absolute atomic E-state index is 13.2. The molecule has 0 spiro atoms. The number of nitrogens with one attached hydrogen (secondary N) is 1. The predicted molar refractivity (Wildman–Crippen MR) is 53.9 cm³/mol. The molecule has 0 aliphatic rings. The van der Waals surface area contributed by atoms with Crippen molar-refractivity contribution in [3.05, 3.63) is 47.8 Å². The topological polar surface area (TPSA) is 29.1 Å². The van der Waals surface area contributed by atoms with Crippen LogP contribution >= 0.6 is 0 Å². The Labute approximate surface area is 94.9 Å². The summed E-state index contributed by atoms with van der Waals surface area (Å²) in [5, 5.41) is 2.20. The van der Waals surface area contributed by atoms with Gasteiger partial charge in [-0.3, -0.25) is 4.79 Å². The molecular formula is C11H9F4NO. The highest BCUT2D eigenvalue weighted by atomic mass is 19.4. The van der Waals surface area contributed by atoms with Crippen molar-refractivity contribution >= 4 is 5.91 Å². The van der Waals surface area contributed by atoms with Crippen molar-refractivity contribution < 1.29 is 22.4 Å². The molecule has 17 heavy (non-hydrogen) atoms. The van der Waals surface area contributed by atoms with Crippen LogP contribution in [0.4, 0.5) is 17.6 Å². The van der Waals surface area contributed by atoms with E-state index in [0.717, 1.165) is 0 Å². The second-order valence-corrected chi connectivity index (χ2v) is 3.19. The molecule has 0 unspecified atom stereocenters. The Bertz CT molecular complexity index is 440. The standard InChI is InChI=1S/C11H9F4NO/c1-2-5-16-10(17)8-6-7(11(13,14)15)3-4-9(8)12/h2-4,6H,1,5H2,(H,16,17). The van der Waals surface area contributed by atoms with E-state index in [2.05, 4.69) is 11.9 Å². The number of hydrogen-bond donors (Lipinski definition) is 1. The zero-order valence-electron chi connectivity index (χ0n) is 8.64. The number of carbonyl (C=O) groups is 1. The Morgan fingerprint density at radius 1 is 1.41 bits per heavy atom. The molecule has 0 aromatic heterocycles. The van der Waals surface area contributed by atoms with Gasteiger partial charge in [-0.25, -0.2) is 4.39 Å². The van der Waals surface area contributed by atoms with Crippen LogP contribution in [0, 0.1) is 5.82 Å². The van der Waals surface area contributed by atoms with Crippen molar-refractivity contribution in [3.63, 3.8) is 0 Å². The zero-order valence-corrected chi connectivity index (χ0v) is 8.64. The molecule has 92 valence electrons. The predicted octanol–water partition coefficient (Wildman–Crippen LogP) is 2.76. The molecule has 0 fully saturated rings. The molecule has 0 saturated heterocycles. The molecule has 0 saturated carbocycles. The van der Waals surface area contributed by atoms with Gasteiger partial charge in [0.05, 0.1) is 11.1 Å². The van der Waals surface area contributed by atoms with Crippen molar-refractivity contribution in [1.82, 2.24) is 5.32 Å². The van der Waals surface area contributed by atoms with Crippen molar-refractivity contribution in [2.75, 3.05) is 6.54 Å². The Kier molecular flexibility index (Phi) is 3.88. The van der Waals surface area contributed by atoms with Crippen LogP contribution in [0.5, 0.6) is 0 Å². The third-order valence-corrected chi connectivity index (χ3v) is 1.95. The zero-order chi connectivity index (χ0) is 13.1. The fourth-order valence-electron chi connectivity index (χ4n) is 1.14. The summed E-state index contributed by atoms with van der Waals surface area (Å²) < 4.78 is 50.2. The number of benzene rings is 1. The van der Waals surface area contributed by atoms with Gasteiger partial charge < -0.3 is 5.32 Å². The van der Waals surface area contributed by atoms with Crippen molar-refractivity contribution in [2.24, 2.45) is 0 Å². The highest BCUT2D eigenvalue weighted by molar-refractivity contribution is 5.94. The maximum atomic E-state index is 13.2. The van der Waals surface area contributed by atoms with Gasteiger partial charge in [0.2, 0.25) is 0 Å². The van der Waals surface area contributed by atoms with E-state index in [-0.39, 0.29) is 6.54 Å². The van der Waals surface area contributed by atoms with Crippen LogP contribution in [0.15, 0.2) is 30.9 Å². The minimum Gasteiger partial charge on any atom is -0.348 e. The number of hydrogen-bond acceptors (Lipinski definition) is 1. The lowest BCUT2D eigenvalue weighted by Gasteiger charge is -2.09. The quantitative estimate of drug-likeness (QED) is 0.645. The lowest BCUT2D eigenvalue weighted by Crippen LogP contribution is -2.24. The van der Waals surface area contributed by atoms with E-state index in [1.807, 2.05) is 0 Å². The first kappa shape index (κ1) is 13.2. The maximum Gasteiger partial charge on any atom is 0.416 e. The van der Waals surface area contributed by atoms with Gasteiger partial charge in [0.25, 0.3) is 5.91 Å². The summed E-state index contributed by atoms with van der Waals surface area (Å²) in [6, 6.07) is 1.68. The van der Waals surface area contributed by atoms with Crippen molar-refractivity contribution in [1.29, 1.82) is 0 Å². The third-order valence-electron chi connectivity index (χ3n) is 1.95. The summed E-state index contributed by atoms with van der Waals surface area (Å²) >= 11 is 0. The summed E-state index contributed by atoms with van der Waals surface area (Å²) in [5.74, 6) is -1.91. The molecule has 1 rings (SSSR count). The summed E-state index contributed by atoms with van der Waals surface area (Å²) in [6.07, 6.45) is -3.27. The summed E-state index contributed by atoms with van der Waals surface area (Å²) in [5.41, 5.74) is -1.70. The van der Waals surface area contributed by atoms with Crippen LogP contribution in [0.2, 0.25) is 0 Å². The largest absolute Gasteiger partial charge is 0.416 e. The molecular weight excluding hydrogens is 238 g/mol. The molecule has 1 amide bonds. The van der Waals surface area contributed by atoms with Crippen LogP contribution in [-0.2, 0) is 6.18 Å². The van der Waals surface area contributed by atoms with Crippen LogP contribution < -0.4 is 5.32 Å². The molecule has 6 heteroatoms. The molecule has 0 radical (unpaired) electrons. The molecule has 0 aliphatic carbocycles. The van der Waals surface area contributed by atoms with Crippen LogP contribution in [0.25, 0.3) is 0 Å². The van der Waals surface area contributed by atoms with Gasteiger partial charge >= 0.3 is 6.18 Å². The second-order valence-electron chi connectivity index (χ2n) is 3.19. The second kappa shape index (κ2) is 4.99. The Morgan fingerprint density at radius 2 is 2.06 bits per heavy atom. The van der Waals surface area contributed by atoms with Gasteiger partial charge in [0.1, 0.15) is 5.82 Å². The fraction of sp³-hybridized carbons (Fsp3) is 0.182. The van der Waals surface area contributed by atoms with Crippen LogP contribution in [0.3, 0.4) is 0 Å². The van der Waals surface area contributed by atoms with E-state index >= 15 is 0 Å². The number of amides is 1. The summed E-state index contributed by atoms with van der Waals surface area (Å²) in [6.45, 7) is 3.37. The van der Waals surface area contributed by atoms with Gasteiger partial charge in [0.15, 0.2) is 0 Å². The smallest absolute Gasteiger partial charge is 0.348 e. The Morgan fingerprint density at radius 3 is 2.59 bits per heavy atom. The first-order valence-electron chi connectivity index (χ1n) is 4.62. The average molecular weight is 247 g/mol. The van der Waals surface area contributed by atoms with Gasteiger partial charge in [-0.2, -0.15) is 13.2 Å². The first-order chi connectivity index (χ1) is 7.86. The normalized spacial score (nSPS) is 11.1. The van der Waals surface area contributed by atoms with Gasteiger partial charge in [-0.15, -0.1) is 6.58 Å². The van der Waals surface area contributed by atoms with E-state index in [0.29, 0.717) is 18.2 Å².